The van der Waals surface area contributed by atoms with Gasteiger partial charge in [0.25, 0.3) is 0 Å². The van der Waals surface area contributed by atoms with Gasteiger partial charge in [0, 0.05) is 0 Å². The Labute approximate surface area is 247 Å². The molecule has 0 saturated carbocycles. The highest BCUT2D eigenvalue weighted by Gasteiger charge is 2.27. The molecule has 0 nitrogen and oxygen atoms in total. The van der Waals surface area contributed by atoms with E-state index >= 15 is 0 Å². The fraction of sp³-hybridized carbons (Fsp3) is 0.450. The van der Waals surface area contributed by atoms with Gasteiger partial charge in [-0.25, -0.2) is 0 Å². The van der Waals surface area contributed by atoms with Crippen molar-refractivity contribution in [2.45, 2.75) is 108 Å². The normalized spacial score (nSPS) is 22.6. The summed E-state index contributed by atoms with van der Waals surface area (Å²) in [7, 11) is 0. The molecule has 0 aromatic rings. The monoisotopic (exact) mass is 536 g/mol. The predicted molar refractivity (Wildman–Crippen MR) is 181 cm³/mol. The van der Waals surface area contributed by atoms with Gasteiger partial charge in [-0.15, -0.1) is 0 Å². The zero-order valence-corrected chi connectivity index (χ0v) is 27.3. The maximum Gasteiger partial charge on any atom is -0.0101 e. The zero-order valence-electron chi connectivity index (χ0n) is 27.3. The molecule has 0 N–H and O–H groups in total. The van der Waals surface area contributed by atoms with Crippen LogP contribution in [0.2, 0.25) is 0 Å². The minimum Gasteiger partial charge on any atom is -0.0813 e. The average molecular weight is 537 g/mol. The third-order valence-electron chi connectivity index (χ3n) is 8.34. The lowest BCUT2D eigenvalue weighted by molar-refractivity contribution is 0.377. The molecule has 0 aromatic carbocycles. The van der Waals surface area contributed by atoms with E-state index in [4.69, 9.17) is 0 Å². The second-order valence-corrected chi connectivity index (χ2v) is 13.2. The molecule has 0 atom stereocenters. The Morgan fingerprint density at radius 2 is 1.30 bits per heavy atom. The van der Waals surface area contributed by atoms with Crippen molar-refractivity contribution in [3.63, 3.8) is 0 Å². The van der Waals surface area contributed by atoms with Crippen LogP contribution in [0.1, 0.15) is 108 Å². The van der Waals surface area contributed by atoms with E-state index in [1.54, 1.807) is 5.57 Å². The van der Waals surface area contributed by atoms with Crippen LogP contribution in [0.3, 0.4) is 0 Å². The first-order valence-electron chi connectivity index (χ1n) is 15.3. The fourth-order valence-electron chi connectivity index (χ4n) is 5.72. The second kappa shape index (κ2) is 15.8. The van der Waals surface area contributed by atoms with Crippen LogP contribution >= 0.6 is 0 Å². The van der Waals surface area contributed by atoms with Gasteiger partial charge in [-0.2, -0.15) is 0 Å². The van der Waals surface area contributed by atoms with Gasteiger partial charge in [0.1, 0.15) is 0 Å². The van der Waals surface area contributed by atoms with Crippen molar-refractivity contribution in [2.75, 3.05) is 0 Å². The van der Waals surface area contributed by atoms with Crippen molar-refractivity contribution >= 4 is 0 Å². The third kappa shape index (κ3) is 11.3. The van der Waals surface area contributed by atoms with Crippen LogP contribution < -0.4 is 0 Å². The average Bonchev–Trinajstić information content (AvgIpc) is 2.85. The topological polar surface area (TPSA) is 0 Å². The van der Waals surface area contributed by atoms with E-state index in [1.807, 2.05) is 0 Å². The lowest BCUT2D eigenvalue weighted by Crippen LogP contribution is -2.19. The van der Waals surface area contributed by atoms with Crippen LogP contribution in [-0.4, -0.2) is 0 Å². The van der Waals surface area contributed by atoms with E-state index in [9.17, 15) is 0 Å². The van der Waals surface area contributed by atoms with Crippen LogP contribution in [0.15, 0.2) is 130 Å². The molecule has 40 heavy (non-hydrogen) atoms. The zero-order chi connectivity index (χ0) is 29.8. The van der Waals surface area contributed by atoms with Crippen molar-refractivity contribution in [2.24, 2.45) is 10.8 Å². The van der Waals surface area contributed by atoms with Crippen LogP contribution in [0.5, 0.6) is 0 Å². The highest BCUT2D eigenvalue weighted by Crippen LogP contribution is 2.41. The lowest BCUT2D eigenvalue weighted by Gasteiger charge is -2.32. The van der Waals surface area contributed by atoms with Crippen LogP contribution in [-0.2, 0) is 0 Å². The Balaban J connectivity index is 1.87. The molecule has 0 heterocycles. The van der Waals surface area contributed by atoms with Crippen molar-refractivity contribution in [3.05, 3.63) is 130 Å². The summed E-state index contributed by atoms with van der Waals surface area (Å²) < 4.78 is 0. The molecule has 0 unspecified atom stereocenters. The van der Waals surface area contributed by atoms with Crippen LogP contribution in [0.4, 0.5) is 0 Å². The molecule has 2 aliphatic rings. The molecule has 0 bridgehead atoms. The summed E-state index contributed by atoms with van der Waals surface area (Å²) in [6.45, 7) is 22.7. The van der Waals surface area contributed by atoms with Crippen molar-refractivity contribution in [3.8, 4) is 0 Å². The summed E-state index contributed by atoms with van der Waals surface area (Å²) >= 11 is 0. The quantitative estimate of drug-likeness (QED) is 0.244. The predicted octanol–water partition coefficient (Wildman–Crippen LogP) is 12.6. The van der Waals surface area contributed by atoms with E-state index in [2.05, 4.69) is 154 Å². The number of rotatable bonds is 10. The maximum absolute atomic E-state index is 2.43. The Kier molecular flexibility index (Phi) is 13.2. The van der Waals surface area contributed by atoms with Gasteiger partial charge in [0.15, 0.2) is 0 Å². The molecule has 0 spiro atoms. The van der Waals surface area contributed by atoms with Crippen LogP contribution in [0, 0.1) is 10.8 Å². The molecule has 0 aromatic heterocycles. The largest absolute Gasteiger partial charge is 0.0813 e. The minimum atomic E-state index is 0.291. The first kappa shape index (κ1) is 33.3. The molecule has 2 aliphatic carbocycles. The highest BCUT2D eigenvalue weighted by molar-refractivity contribution is 5.39. The number of allylic oxidation sites excluding steroid dienone is 22. The molecular weight excluding hydrogens is 480 g/mol. The molecule has 0 fully saturated rings. The molecule has 216 valence electrons. The van der Waals surface area contributed by atoms with Gasteiger partial charge in [-0.05, 0) is 102 Å². The molecule has 0 saturated heterocycles. The second-order valence-electron chi connectivity index (χ2n) is 13.2. The summed E-state index contributed by atoms with van der Waals surface area (Å²) in [5.41, 5.74) is 11.8. The molecule has 0 heteroatoms. The van der Waals surface area contributed by atoms with Crippen molar-refractivity contribution < 1.29 is 0 Å². The Bertz CT molecular complexity index is 1210. The first-order valence-corrected chi connectivity index (χ1v) is 15.3. The van der Waals surface area contributed by atoms with Crippen molar-refractivity contribution in [1.29, 1.82) is 0 Å². The lowest BCUT2D eigenvalue weighted by atomic mass is 9.72. The van der Waals surface area contributed by atoms with E-state index in [-0.39, 0.29) is 0 Å². The number of hydrogen-bond donors (Lipinski definition) is 0. The Morgan fingerprint density at radius 1 is 0.725 bits per heavy atom. The van der Waals surface area contributed by atoms with E-state index < -0.39 is 0 Å². The fourth-order valence-corrected chi connectivity index (χ4v) is 5.72. The molecule has 0 radical (unpaired) electrons. The SMILES string of the molecule is CC1=CCCC(C)(C)/C1=C/C/C(C)=C/C=C/C(C)=C/C=C/C=C(C)/C=C/C=C(C)/C=C/C1=C(C)CCCC1(C)C. The highest BCUT2D eigenvalue weighted by atomic mass is 14.3. The van der Waals surface area contributed by atoms with Crippen molar-refractivity contribution in [1.82, 2.24) is 0 Å². The van der Waals surface area contributed by atoms with E-state index in [0.717, 1.165) is 6.42 Å². The standard InChI is InChI=1S/C40H56/c1-31(19-13-21-33(3)25-27-37-35(5)23-15-29-39(37,7)8)17-11-12-18-32(2)20-14-22-34(4)26-28-38-36(6)24-16-30-40(38,9)10/h11-14,17-23,26-28H,15-16,24-25,29-30H2,1-10H3/b12-11+,19-13+,20-14+,28-26+,31-17+,32-18+,33-21+,34-22+,37-27+. The van der Waals surface area contributed by atoms with Gasteiger partial charge in [0.2, 0.25) is 0 Å². The van der Waals surface area contributed by atoms with E-state index in [1.165, 1.54) is 71.1 Å². The molecular formula is C40H56. The number of hydrogen-bond acceptors (Lipinski definition) is 0. The van der Waals surface area contributed by atoms with Gasteiger partial charge < -0.3 is 0 Å². The summed E-state index contributed by atoms with van der Waals surface area (Å²) in [5, 5.41) is 0. The Morgan fingerprint density at radius 3 is 1.90 bits per heavy atom. The smallest absolute Gasteiger partial charge is 0.0101 e. The van der Waals surface area contributed by atoms with Crippen LogP contribution in [0.25, 0.3) is 0 Å². The minimum absolute atomic E-state index is 0.291. The summed E-state index contributed by atoms with van der Waals surface area (Å²) in [6.07, 6.45) is 38.3. The molecule has 0 aliphatic heterocycles. The van der Waals surface area contributed by atoms with Gasteiger partial charge in [-0.3, -0.25) is 0 Å². The first-order chi connectivity index (χ1) is 18.8. The summed E-state index contributed by atoms with van der Waals surface area (Å²) in [4.78, 5) is 0. The summed E-state index contributed by atoms with van der Waals surface area (Å²) in [6, 6.07) is 0. The third-order valence-corrected chi connectivity index (χ3v) is 8.34. The van der Waals surface area contributed by atoms with Gasteiger partial charge in [-0.1, -0.05) is 146 Å². The van der Waals surface area contributed by atoms with Gasteiger partial charge >= 0.3 is 0 Å². The molecule has 2 rings (SSSR count). The summed E-state index contributed by atoms with van der Waals surface area (Å²) in [5.74, 6) is 0. The van der Waals surface area contributed by atoms with E-state index in [0.29, 0.717) is 10.8 Å². The molecule has 0 amide bonds. The Hall–Kier alpha value is -2.86. The van der Waals surface area contributed by atoms with Gasteiger partial charge in [0.05, 0.1) is 0 Å². The maximum atomic E-state index is 2.43.